The largest absolute Gasteiger partial charge is 0.496 e. The second-order valence-electron chi connectivity index (χ2n) is 4.57. The smallest absolute Gasteiger partial charge is 0.133 e. The molecule has 0 aliphatic rings. The van der Waals surface area contributed by atoms with E-state index in [1.807, 2.05) is 18.3 Å². The van der Waals surface area contributed by atoms with Gasteiger partial charge in [0.1, 0.15) is 5.75 Å². The molecule has 1 heterocycles. The van der Waals surface area contributed by atoms with Crippen LogP contribution in [0.3, 0.4) is 0 Å². The van der Waals surface area contributed by atoms with Gasteiger partial charge in [0, 0.05) is 12.4 Å². The van der Waals surface area contributed by atoms with Gasteiger partial charge in [-0.05, 0) is 58.2 Å². The van der Waals surface area contributed by atoms with Crippen LogP contribution in [-0.4, -0.2) is 18.6 Å². The van der Waals surface area contributed by atoms with Crippen molar-refractivity contribution in [1.29, 1.82) is 0 Å². The molecular weight excluding hydrogens is 316 g/mol. The Hall–Kier alpha value is -1.39. The fourth-order valence-corrected chi connectivity index (χ4v) is 2.68. The summed E-state index contributed by atoms with van der Waals surface area (Å²) in [7, 11) is 1.67. The zero-order valence-electron chi connectivity index (χ0n) is 11.8. The van der Waals surface area contributed by atoms with E-state index in [4.69, 9.17) is 4.74 Å². The number of aromatic nitrogens is 1. The van der Waals surface area contributed by atoms with Crippen molar-refractivity contribution in [2.75, 3.05) is 13.7 Å². The van der Waals surface area contributed by atoms with E-state index in [-0.39, 0.29) is 6.04 Å². The summed E-state index contributed by atoms with van der Waals surface area (Å²) >= 11 is 3.55. The first-order valence-electron chi connectivity index (χ1n) is 6.73. The van der Waals surface area contributed by atoms with E-state index in [0.29, 0.717) is 0 Å². The van der Waals surface area contributed by atoms with Gasteiger partial charge in [0.15, 0.2) is 0 Å². The summed E-state index contributed by atoms with van der Waals surface area (Å²) in [5, 5.41) is 3.57. The molecule has 106 valence electrons. The molecule has 1 aromatic heterocycles. The highest BCUT2D eigenvalue weighted by Gasteiger charge is 2.14. The molecule has 20 heavy (non-hydrogen) atoms. The summed E-state index contributed by atoms with van der Waals surface area (Å²) in [6.07, 6.45) is 4.80. The van der Waals surface area contributed by atoms with Crippen LogP contribution in [0.15, 0.2) is 47.2 Å². The summed E-state index contributed by atoms with van der Waals surface area (Å²) in [5.41, 5.74) is 2.36. The van der Waals surface area contributed by atoms with Crippen molar-refractivity contribution in [1.82, 2.24) is 10.3 Å². The quantitative estimate of drug-likeness (QED) is 0.868. The molecule has 1 aromatic carbocycles. The van der Waals surface area contributed by atoms with Crippen molar-refractivity contribution in [3.05, 3.63) is 58.3 Å². The van der Waals surface area contributed by atoms with Crippen LogP contribution in [0.2, 0.25) is 0 Å². The first-order valence-corrected chi connectivity index (χ1v) is 7.52. The van der Waals surface area contributed by atoms with Crippen LogP contribution in [0.4, 0.5) is 0 Å². The Balaban J connectivity index is 2.33. The minimum atomic E-state index is 0.144. The molecule has 4 heteroatoms. The van der Waals surface area contributed by atoms with Gasteiger partial charge >= 0.3 is 0 Å². The maximum atomic E-state index is 5.29. The van der Waals surface area contributed by atoms with E-state index in [9.17, 15) is 0 Å². The van der Waals surface area contributed by atoms with Crippen molar-refractivity contribution < 1.29 is 4.74 Å². The Morgan fingerprint density at radius 1 is 1.30 bits per heavy atom. The van der Waals surface area contributed by atoms with Crippen LogP contribution >= 0.6 is 15.9 Å². The lowest BCUT2D eigenvalue weighted by atomic mass is 10.00. The van der Waals surface area contributed by atoms with Crippen molar-refractivity contribution in [2.24, 2.45) is 0 Å². The Kier molecular flexibility index (Phi) is 5.56. The lowest BCUT2D eigenvalue weighted by Crippen LogP contribution is -2.23. The second-order valence-corrected chi connectivity index (χ2v) is 5.42. The van der Waals surface area contributed by atoms with E-state index in [1.54, 1.807) is 13.3 Å². The number of hydrogen-bond acceptors (Lipinski definition) is 3. The van der Waals surface area contributed by atoms with Crippen LogP contribution in [0.1, 0.15) is 30.5 Å². The summed E-state index contributed by atoms with van der Waals surface area (Å²) in [5.74, 6) is 0.842. The molecule has 0 aliphatic heterocycles. The van der Waals surface area contributed by atoms with E-state index < -0.39 is 0 Å². The highest BCUT2D eigenvalue weighted by Crippen LogP contribution is 2.30. The molecule has 2 aromatic rings. The first kappa shape index (κ1) is 15.0. The van der Waals surface area contributed by atoms with Gasteiger partial charge in [-0.15, -0.1) is 0 Å². The minimum absolute atomic E-state index is 0.144. The Labute approximate surface area is 128 Å². The monoisotopic (exact) mass is 334 g/mol. The zero-order chi connectivity index (χ0) is 14.4. The highest BCUT2D eigenvalue weighted by atomic mass is 79.9. The average molecular weight is 335 g/mol. The van der Waals surface area contributed by atoms with E-state index in [0.717, 1.165) is 28.8 Å². The molecule has 0 amide bonds. The maximum Gasteiger partial charge on any atom is 0.133 e. The molecule has 0 aliphatic carbocycles. The lowest BCUT2D eigenvalue weighted by Gasteiger charge is -2.20. The van der Waals surface area contributed by atoms with Gasteiger partial charge in [-0.3, -0.25) is 4.98 Å². The topological polar surface area (TPSA) is 34.2 Å². The third-order valence-corrected chi connectivity index (χ3v) is 3.75. The number of hydrogen-bond donors (Lipinski definition) is 1. The minimum Gasteiger partial charge on any atom is -0.496 e. The fraction of sp³-hybridized carbons (Fsp3) is 0.312. The summed E-state index contributed by atoms with van der Waals surface area (Å²) in [6, 6.07) is 10.4. The number of methoxy groups -OCH3 is 1. The first-order chi connectivity index (χ1) is 9.76. The molecule has 1 unspecified atom stereocenters. The number of nitrogens with zero attached hydrogens (tertiary/aromatic N) is 1. The van der Waals surface area contributed by atoms with E-state index in [2.05, 4.69) is 51.4 Å². The number of benzene rings is 1. The summed E-state index contributed by atoms with van der Waals surface area (Å²) in [6.45, 7) is 3.13. The molecule has 0 radical (unpaired) electrons. The third-order valence-electron chi connectivity index (χ3n) is 3.13. The van der Waals surface area contributed by atoms with Gasteiger partial charge in [0.2, 0.25) is 0 Å². The van der Waals surface area contributed by atoms with Crippen LogP contribution < -0.4 is 10.1 Å². The van der Waals surface area contributed by atoms with Gasteiger partial charge < -0.3 is 10.1 Å². The molecule has 0 bridgehead atoms. The molecule has 0 fully saturated rings. The van der Waals surface area contributed by atoms with Crippen LogP contribution in [-0.2, 0) is 0 Å². The second kappa shape index (κ2) is 7.41. The molecule has 1 N–H and O–H groups in total. The lowest BCUT2D eigenvalue weighted by molar-refractivity contribution is 0.411. The Bertz CT molecular complexity index is 545. The van der Waals surface area contributed by atoms with Crippen LogP contribution in [0, 0.1) is 0 Å². The normalized spacial score (nSPS) is 12.2. The molecule has 0 saturated heterocycles. The number of ether oxygens (including phenoxy) is 1. The van der Waals surface area contributed by atoms with Crippen molar-refractivity contribution in [3.63, 3.8) is 0 Å². The molecule has 0 saturated carbocycles. The summed E-state index contributed by atoms with van der Waals surface area (Å²) in [4.78, 5) is 4.22. The number of halogens is 1. The maximum absolute atomic E-state index is 5.29. The molecule has 0 spiro atoms. The van der Waals surface area contributed by atoms with Crippen molar-refractivity contribution >= 4 is 15.9 Å². The Morgan fingerprint density at radius 2 is 2.15 bits per heavy atom. The van der Waals surface area contributed by atoms with Gasteiger partial charge in [-0.1, -0.05) is 19.1 Å². The Morgan fingerprint density at radius 3 is 2.75 bits per heavy atom. The standard InChI is InChI=1S/C16H19BrN2O/c1-3-8-19-16(13-5-4-9-18-11-13)12-6-7-15(20-2)14(17)10-12/h4-7,9-11,16,19H,3,8H2,1-2H3. The SMILES string of the molecule is CCCNC(c1cccnc1)c1ccc(OC)c(Br)c1. The molecular formula is C16H19BrN2O. The van der Waals surface area contributed by atoms with Crippen molar-refractivity contribution in [3.8, 4) is 5.75 Å². The van der Waals surface area contributed by atoms with Gasteiger partial charge in [-0.25, -0.2) is 0 Å². The molecule has 2 rings (SSSR count). The third kappa shape index (κ3) is 3.58. The molecule has 3 nitrogen and oxygen atoms in total. The highest BCUT2D eigenvalue weighted by molar-refractivity contribution is 9.10. The van der Waals surface area contributed by atoms with Gasteiger partial charge in [0.05, 0.1) is 17.6 Å². The van der Waals surface area contributed by atoms with E-state index >= 15 is 0 Å². The zero-order valence-corrected chi connectivity index (χ0v) is 13.4. The summed E-state index contributed by atoms with van der Waals surface area (Å²) < 4.78 is 6.25. The van der Waals surface area contributed by atoms with E-state index in [1.165, 1.54) is 5.56 Å². The van der Waals surface area contributed by atoms with Crippen LogP contribution in [0.5, 0.6) is 5.75 Å². The van der Waals surface area contributed by atoms with Crippen molar-refractivity contribution in [2.45, 2.75) is 19.4 Å². The predicted octanol–water partition coefficient (Wildman–Crippen LogP) is 3.94. The number of pyridine rings is 1. The molecule has 1 atom stereocenters. The van der Waals surface area contributed by atoms with Gasteiger partial charge in [0.25, 0.3) is 0 Å². The average Bonchev–Trinajstić information content (AvgIpc) is 2.49. The number of rotatable bonds is 6. The number of nitrogens with one attached hydrogen (secondary N) is 1. The van der Waals surface area contributed by atoms with Gasteiger partial charge in [-0.2, -0.15) is 0 Å². The van der Waals surface area contributed by atoms with Crippen LogP contribution in [0.25, 0.3) is 0 Å². The fourth-order valence-electron chi connectivity index (χ4n) is 2.13. The predicted molar refractivity (Wildman–Crippen MR) is 85.1 cm³/mol.